The normalized spacial score (nSPS) is 23.0. The topological polar surface area (TPSA) is 64.6 Å². The van der Waals surface area contributed by atoms with Gasteiger partial charge in [-0.1, -0.05) is 0 Å². The molecule has 7 heteroatoms. The Bertz CT molecular complexity index is 393. The molecule has 1 aliphatic carbocycles. The van der Waals surface area contributed by atoms with Crippen LogP contribution < -0.4 is 5.32 Å². The molecule has 0 aromatic rings. The SMILES string of the molecule is COC(=O)C(NC(=O)OC(C)(C)C)[C@H]1CCCC(F)(F)C1. The van der Waals surface area contributed by atoms with Crippen LogP contribution in [0.4, 0.5) is 13.6 Å². The molecule has 0 aliphatic heterocycles. The van der Waals surface area contributed by atoms with Gasteiger partial charge in [-0.05, 0) is 39.5 Å². The maximum absolute atomic E-state index is 13.5. The number of alkyl carbamates (subject to hydrolysis) is 1. The number of amides is 1. The average molecular weight is 307 g/mol. The lowest BCUT2D eigenvalue weighted by Gasteiger charge is -2.33. The molecule has 5 nitrogen and oxygen atoms in total. The summed E-state index contributed by atoms with van der Waals surface area (Å²) >= 11 is 0. The van der Waals surface area contributed by atoms with Crippen molar-refractivity contribution in [2.45, 2.75) is 64.0 Å². The summed E-state index contributed by atoms with van der Waals surface area (Å²) in [5.74, 6) is -4.21. The number of ether oxygens (including phenoxy) is 2. The molecule has 1 saturated carbocycles. The minimum absolute atomic E-state index is 0.191. The summed E-state index contributed by atoms with van der Waals surface area (Å²) in [7, 11) is 1.16. The molecule has 1 aliphatic rings. The van der Waals surface area contributed by atoms with Gasteiger partial charge in [0.05, 0.1) is 7.11 Å². The Morgan fingerprint density at radius 3 is 2.43 bits per heavy atom. The van der Waals surface area contributed by atoms with E-state index in [0.29, 0.717) is 12.8 Å². The molecule has 0 radical (unpaired) electrons. The molecular formula is C14H23F2NO4. The van der Waals surface area contributed by atoms with Gasteiger partial charge in [-0.25, -0.2) is 18.4 Å². The van der Waals surface area contributed by atoms with Crippen molar-refractivity contribution in [3.8, 4) is 0 Å². The van der Waals surface area contributed by atoms with Gasteiger partial charge in [0, 0.05) is 12.8 Å². The molecule has 1 unspecified atom stereocenters. The third-order valence-corrected chi connectivity index (χ3v) is 3.28. The quantitative estimate of drug-likeness (QED) is 0.814. The molecule has 1 N–H and O–H groups in total. The van der Waals surface area contributed by atoms with Crippen LogP contribution in [0.15, 0.2) is 0 Å². The molecule has 0 saturated heterocycles. The van der Waals surface area contributed by atoms with Gasteiger partial charge in [-0.3, -0.25) is 0 Å². The summed E-state index contributed by atoms with van der Waals surface area (Å²) in [5.41, 5.74) is -0.735. The zero-order valence-electron chi connectivity index (χ0n) is 12.9. The zero-order chi connectivity index (χ0) is 16.3. The molecule has 0 aromatic heterocycles. The number of alkyl halides is 2. The van der Waals surface area contributed by atoms with Crippen molar-refractivity contribution in [3.05, 3.63) is 0 Å². The van der Waals surface area contributed by atoms with Gasteiger partial charge in [0.1, 0.15) is 11.6 Å². The smallest absolute Gasteiger partial charge is 0.408 e. The Labute approximate surface area is 123 Å². The second-order valence-corrected chi connectivity index (χ2v) is 6.36. The number of halogens is 2. The van der Waals surface area contributed by atoms with E-state index >= 15 is 0 Å². The van der Waals surface area contributed by atoms with Crippen molar-refractivity contribution in [2.75, 3.05) is 7.11 Å². The highest BCUT2D eigenvalue weighted by atomic mass is 19.3. The Balaban J connectivity index is 2.77. The predicted octanol–water partition coefficient (Wildman–Crippen LogP) is 2.88. The van der Waals surface area contributed by atoms with Crippen molar-refractivity contribution < 1.29 is 27.8 Å². The van der Waals surface area contributed by atoms with Gasteiger partial charge in [0.2, 0.25) is 5.92 Å². The second-order valence-electron chi connectivity index (χ2n) is 6.36. The van der Waals surface area contributed by atoms with Crippen LogP contribution >= 0.6 is 0 Å². The molecule has 0 spiro atoms. The molecule has 0 heterocycles. The monoisotopic (exact) mass is 307 g/mol. The number of hydrogen-bond acceptors (Lipinski definition) is 4. The molecular weight excluding hydrogens is 284 g/mol. The van der Waals surface area contributed by atoms with Gasteiger partial charge >= 0.3 is 12.1 Å². The van der Waals surface area contributed by atoms with Crippen LogP contribution in [0.2, 0.25) is 0 Å². The van der Waals surface area contributed by atoms with E-state index in [1.165, 1.54) is 0 Å². The maximum atomic E-state index is 13.5. The highest BCUT2D eigenvalue weighted by Crippen LogP contribution is 2.38. The van der Waals surface area contributed by atoms with Crippen LogP contribution in [0.5, 0.6) is 0 Å². The number of rotatable bonds is 3. The first-order valence-electron chi connectivity index (χ1n) is 6.99. The Kier molecular flexibility index (Phi) is 5.53. The fourth-order valence-electron chi connectivity index (χ4n) is 2.43. The molecule has 1 rings (SSSR count). The Morgan fingerprint density at radius 2 is 1.95 bits per heavy atom. The lowest BCUT2D eigenvalue weighted by Crippen LogP contribution is -2.50. The van der Waals surface area contributed by atoms with E-state index in [9.17, 15) is 18.4 Å². The molecule has 0 bridgehead atoms. The van der Waals surface area contributed by atoms with Gasteiger partial charge in [-0.2, -0.15) is 0 Å². The number of nitrogens with one attached hydrogen (secondary N) is 1. The first-order chi connectivity index (χ1) is 9.54. The summed E-state index contributed by atoms with van der Waals surface area (Å²) in [4.78, 5) is 23.6. The van der Waals surface area contributed by atoms with E-state index in [4.69, 9.17) is 4.74 Å². The fourth-order valence-corrected chi connectivity index (χ4v) is 2.43. The number of hydrogen-bond donors (Lipinski definition) is 1. The average Bonchev–Trinajstić information content (AvgIpc) is 2.31. The molecule has 0 aromatic carbocycles. The van der Waals surface area contributed by atoms with E-state index in [0.717, 1.165) is 7.11 Å². The van der Waals surface area contributed by atoms with Crippen LogP contribution in [-0.4, -0.2) is 36.7 Å². The summed E-state index contributed by atoms with van der Waals surface area (Å²) in [6, 6.07) is -1.11. The van der Waals surface area contributed by atoms with E-state index in [1.807, 2.05) is 0 Å². The largest absolute Gasteiger partial charge is 0.467 e. The molecule has 1 fully saturated rings. The summed E-state index contributed by atoms with van der Waals surface area (Å²) in [5, 5.41) is 2.36. The fraction of sp³-hybridized carbons (Fsp3) is 0.857. The minimum Gasteiger partial charge on any atom is -0.467 e. The van der Waals surface area contributed by atoms with Gasteiger partial charge in [0.15, 0.2) is 0 Å². The van der Waals surface area contributed by atoms with Crippen molar-refractivity contribution in [2.24, 2.45) is 5.92 Å². The first kappa shape index (κ1) is 17.7. The van der Waals surface area contributed by atoms with Crippen LogP contribution in [0, 0.1) is 5.92 Å². The van der Waals surface area contributed by atoms with Crippen molar-refractivity contribution in [1.29, 1.82) is 0 Å². The third kappa shape index (κ3) is 5.85. The number of methoxy groups -OCH3 is 1. The lowest BCUT2D eigenvalue weighted by molar-refractivity contribution is -0.146. The molecule has 122 valence electrons. The van der Waals surface area contributed by atoms with Crippen molar-refractivity contribution in [1.82, 2.24) is 5.32 Å². The highest BCUT2D eigenvalue weighted by molar-refractivity contribution is 5.81. The summed E-state index contributed by atoms with van der Waals surface area (Å²) < 4.78 is 36.7. The summed E-state index contributed by atoms with van der Waals surface area (Å²) in [6.07, 6.45) is -0.703. The van der Waals surface area contributed by atoms with Crippen LogP contribution in [0.25, 0.3) is 0 Å². The zero-order valence-corrected chi connectivity index (χ0v) is 12.9. The Hall–Kier alpha value is -1.40. The number of carbonyl (C=O) groups is 2. The van der Waals surface area contributed by atoms with Gasteiger partial charge < -0.3 is 14.8 Å². The van der Waals surface area contributed by atoms with E-state index in [1.54, 1.807) is 20.8 Å². The van der Waals surface area contributed by atoms with Gasteiger partial charge in [0.25, 0.3) is 0 Å². The second kappa shape index (κ2) is 6.58. The maximum Gasteiger partial charge on any atom is 0.408 e. The summed E-state index contributed by atoms with van der Waals surface area (Å²) in [6.45, 7) is 5.03. The third-order valence-electron chi connectivity index (χ3n) is 3.28. The van der Waals surface area contributed by atoms with E-state index < -0.39 is 42.0 Å². The van der Waals surface area contributed by atoms with E-state index in [2.05, 4.69) is 10.1 Å². The van der Waals surface area contributed by atoms with E-state index in [-0.39, 0.29) is 6.42 Å². The van der Waals surface area contributed by atoms with Gasteiger partial charge in [-0.15, -0.1) is 0 Å². The highest BCUT2D eigenvalue weighted by Gasteiger charge is 2.42. The van der Waals surface area contributed by atoms with Crippen molar-refractivity contribution >= 4 is 12.1 Å². The molecule has 2 atom stereocenters. The van der Waals surface area contributed by atoms with Crippen LogP contribution in [0.1, 0.15) is 46.5 Å². The Morgan fingerprint density at radius 1 is 1.33 bits per heavy atom. The molecule has 1 amide bonds. The number of carbonyl (C=O) groups excluding carboxylic acids is 2. The van der Waals surface area contributed by atoms with Crippen LogP contribution in [-0.2, 0) is 14.3 Å². The first-order valence-corrected chi connectivity index (χ1v) is 6.99. The van der Waals surface area contributed by atoms with Crippen molar-refractivity contribution in [3.63, 3.8) is 0 Å². The standard InChI is InChI=1S/C14H23F2NO4/c1-13(2,3)21-12(19)17-10(11(18)20-4)9-6-5-7-14(15,16)8-9/h9-10H,5-8H2,1-4H3,(H,17,19)/t9-,10?/m0/s1. The molecule has 21 heavy (non-hydrogen) atoms. The predicted molar refractivity (Wildman–Crippen MR) is 72.1 cm³/mol. The number of esters is 1. The van der Waals surface area contributed by atoms with Crippen LogP contribution in [0.3, 0.4) is 0 Å². The lowest BCUT2D eigenvalue weighted by atomic mass is 9.81. The minimum atomic E-state index is -2.81.